The molecule has 2 unspecified atom stereocenters. The van der Waals surface area contributed by atoms with Crippen LogP contribution < -0.4 is 5.32 Å². The molecule has 0 amide bonds. The van der Waals surface area contributed by atoms with Crippen LogP contribution in [-0.4, -0.2) is 49.3 Å². The number of rotatable bonds is 6. The molecule has 3 nitrogen and oxygen atoms in total. The lowest BCUT2D eigenvalue weighted by molar-refractivity contribution is 0.00757. The number of nitrogens with zero attached hydrogens (tertiary/aromatic N) is 1. The third-order valence-corrected chi connectivity index (χ3v) is 4.08. The van der Waals surface area contributed by atoms with Gasteiger partial charge in [0, 0.05) is 31.7 Å². The quantitative estimate of drug-likeness (QED) is 0.811. The molecule has 0 saturated carbocycles. The van der Waals surface area contributed by atoms with Gasteiger partial charge in [-0.1, -0.05) is 34.6 Å². The molecule has 0 aromatic rings. The Morgan fingerprint density at radius 3 is 2.35 bits per heavy atom. The Hall–Kier alpha value is -0.120. The Balaban J connectivity index is 2.58. The maximum absolute atomic E-state index is 5.76. The van der Waals surface area contributed by atoms with Crippen LogP contribution in [0.5, 0.6) is 0 Å². The van der Waals surface area contributed by atoms with Crippen LogP contribution in [0.4, 0.5) is 0 Å². The molecule has 0 radical (unpaired) electrons. The molecule has 0 aromatic carbocycles. The SMILES string of the molecule is CC(C)CC1CN(CCOC(C)C)C(C(C)(C)C)CN1. The zero-order chi connectivity index (χ0) is 15.3. The summed E-state index contributed by atoms with van der Waals surface area (Å²) in [4.78, 5) is 2.64. The number of hydrogen-bond donors (Lipinski definition) is 1. The van der Waals surface area contributed by atoms with Gasteiger partial charge in [-0.15, -0.1) is 0 Å². The Morgan fingerprint density at radius 1 is 1.20 bits per heavy atom. The molecule has 0 bridgehead atoms. The summed E-state index contributed by atoms with van der Waals surface area (Å²) in [6.07, 6.45) is 1.59. The second-order valence-corrected chi connectivity index (χ2v) is 8.03. The Kier molecular flexibility index (Phi) is 6.96. The first-order chi connectivity index (χ1) is 9.20. The van der Waals surface area contributed by atoms with Crippen molar-refractivity contribution >= 4 is 0 Å². The number of nitrogens with one attached hydrogen (secondary N) is 1. The molecule has 1 rings (SSSR count). The average molecular weight is 284 g/mol. The first-order valence-electron chi connectivity index (χ1n) is 8.29. The number of ether oxygens (including phenoxy) is 1. The average Bonchev–Trinajstić information content (AvgIpc) is 2.26. The highest BCUT2D eigenvalue weighted by Crippen LogP contribution is 2.27. The fraction of sp³-hybridized carbons (Fsp3) is 1.00. The molecule has 2 atom stereocenters. The molecule has 1 heterocycles. The predicted molar refractivity (Wildman–Crippen MR) is 87.1 cm³/mol. The van der Waals surface area contributed by atoms with Crippen molar-refractivity contribution in [3.05, 3.63) is 0 Å². The van der Waals surface area contributed by atoms with Gasteiger partial charge in [0.15, 0.2) is 0 Å². The van der Waals surface area contributed by atoms with Gasteiger partial charge < -0.3 is 10.1 Å². The maximum Gasteiger partial charge on any atom is 0.0597 e. The smallest absolute Gasteiger partial charge is 0.0597 e. The molecule has 1 saturated heterocycles. The molecule has 120 valence electrons. The van der Waals surface area contributed by atoms with Crippen LogP contribution in [0.3, 0.4) is 0 Å². The number of hydrogen-bond acceptors (Lipinski definition) is 3. The van der Waals surface area contributed by atoms with Crippen LogP contribution in [-0.2, 0) is 4.74 Å². The molecule has 1 aliphatic heterocycles. The third-order valence-electron chi connectivity index (χ3n) is 4.08. The van der Waals surface area contributed by atoms with E-state index in [1.54, 1.807) is 0 Å². The summed E-state index contributed by atoms with van der Waals surface area (Å²) in [5, 5.41) is 3.75. The summed E-state index contributed by atoms with van der Waals surface area (Å²) in [7, 11) is 0. The van der Waals surface area contributed by atoms with E-state index in [4.69, 9.17) is 4.74 Å². The molecule has 0 aromatic heterocycles. The molecule has 20 heavy (non-hydrogen) atoms. The van der Waals surface area contributed by atoms with Crippen LogP contribution in [0.15, 0.2) is 0 Å². The Bertz CT molecular complexity index is 271. The van der Waals surface area contributed by atoms with E-state index < -0.39 is 0 Å². The molecule has 1 aliphatic rings. The van der Waals surface area contributed by atoms with E-state index in [1.165, 1.54) is 6.42 Å². The summed E-state index contributed by atoms with van der Waals surface area (Å²) in [5.74, 6) is 0.757. The van der Waals surface area contributed by atoms with Gasteiger partial charge in [0.05, 0.1) is 12.7 Å². The highest BCUT2D eigenvalue weighted by Gasteiger charge is 2.35. The van der Waals surface area contributed by atoms with Crippen LogP contribution in [0.25, 0.3) is 0 Å². The van der Waals surface area contributed by atoms with Gasteiger partial charge in [-0.3, -0.25) is 4.90 Å². The van der Waals surface area contributed by atoms with E-state index in [-0.39, 0.29) is 0 Å². The molecule has 0 aliphatic carbocycles. The van der Waals surface area contributed by atoms with Crippen molar-refractivity contribution in [2.75, 3.05) is 26.2 Å². The van der Waals surface area contributed by atoms with Crippen molar-refractivity contribution in [1.29, 1.82) is 0 Å². The number of piperazine rings is 1. The maximum atomic E-state index is 5.76. The minimum atomic E-state index is 0.313. The van der Waals surface area contributed by atoms with E-state index >= 15 is 0 Å². The molecule has 3 heteroatoms. The highest BCUT2D eigenvalue weighted by molar-refractivity contribution is 4.92. The van der Waals surface area contributed by atoms with Gasteiger partial charge in [0.2, 0.25) is 0 Å². The fourth-order valence-electron chi connectivity index (χ4n) is 3.12. The normalized spacial score (nSPS) is 25.6. The standard InChI is InChI=1S/C17H36N2O/c1-13(2)10-15-12-19(8-9-20-14(3)4)16(11-18-15)17(5,6)7/h13-16,18H,8-12H2,1-7H3. The van der Waals surface area contributed by atoms with Crippen LogP contribution in [0.2, 0.25) is 0 Å². The lowest BCUT2D eigenvalue weighted by Crippen LogP contribution is -2.61. The summed E-state index contributed by atoms with van der Waals surface area (Å²) >= 11 is 0. The van der Waals surface area contributed by atoms with E-state index in [2.05, 4.69) is 58.7 Å². The van der Waals surface area contributed by atoms with Crippen molar-refractivity contribution < 1.29 is 4.74 Å². The van der Waals surface area contributed by atoms with Gasteiger partial charge in [0.1, 0.15) is 0 Å². The molecule has 0 spiro atoms. The summed E-state index contributed by atoms with van der Waals surface area (Å²) in [6.45, 7) is 20.0. The lowest BCUT2D eigenvalue weighted by Gasteiger charge is -2.46. The zero-order valence-electron chi connectivity index (χ0n) is 14.7. The van der Waals surface area contributed by atoms with Crippen LogP contribution >= 0.6 is 0 Å². The summed E-state index contributed by atoms with van der Waals surface area (Å²) in [5.41, 5.74) is 0.313. The summed E-state index contributed by atoms with van der Waals surface area (Å²) in [6, 6.07) is 1.23. The first kappa shape index (κ1) is 17.9. The van der Waals surface area contributed by atoms with Crippen molar-refractivity contribution in [3.8, 4) is 0 Å². The molecular weight excluding hydrogens is 248 g/mol. The fourth-order valence-corrected chi connectivity index (χ4v) is 3.12. The zero-order valence-corrected chi connectivity index (χ0v) is 14.7. The minimum absolute atomic E-state index is 0.313. The van der Waals surface area contributed by atoms with Gasteiger partial charge in [-0.25, -0.2) is 0 Å². The second-order valence-electron chi connectivity index (χ2n) is 8.03. The summed E-state index contributed by atoms with van der Waals surface area (Å²) < 4.78 is 5.76. The second kappa shape index (κ2) is 7.77. The van der Waals surface area contributed by atoms with Gasteiger partial charge in [0.25, 0.3) is 0 Å². The minimum Gasteiger partial charge on any atom is -0.377 e. The highest BCUT2D eigenvalue weighted by atomic mass is 16.5. The monoisotopic (exact) mass is 284 g/mol. The lowest BCUT2D eigenvalue weighted by atomic mass is 9.83. The predicted octanol–water partition coefficient (Wildman–Crippen LogP) is 3.15. The first-order valence-corrected chi connectivity index (χ1v) is 8.29. The van der Waals surface area contributed by atoms with Gasteiger partial charge in [-0.05, 0) is 31.6 Å². The molecular formula is C17H36N2O. The van der Waals surface area contributed by atoms with E-state index in [9.17, 15) is 0 Å². The van der Waals surface area contributed by atoms with Crippen LogP contribution in [0.1, 0.15) is 54.9 Å². The topological polar surface area (TPSA) is 24.5 Å². The third kappa shape index (κ3) is 6.11. The Morgan fingerprint density at radius 2 is 1.85 bits per heavy atom. The van der Waals surface area contributed by atoms with Crippen molar-refractivity contribution in [2.24, 2.45) is 11.3 Å². The van der Waals surface area contributed by atoms with Gasteiger partial charge >= 0.3 is 0 Å². The van der Waals surface area contributed by atoms with Crippen LogP contribution in [0, 0.1) is 11.3 Å². The largest absolute Gasteiger partial charge is 0.377 e. The van der Waals surface area contributed by atoms with E-state index in [0.717, 1.165) is 32.2 Å². The molecule has 1 N–H and O–H groups in total. The van der Waals surface area contributed by atoms with Crippen molar-refractivity contribution in [2.45, 2.75) is 73.1 Å². The molecule has 1 fully saturated rings. The van der Waals surface area contributed by atoms with Crippen molar-refractivity contribution in [1.82, 2.24) is 10.2 Å². The van der Waals surface area contributed by atoms with Crippen molar-refractivity contribution in [3.63, 3.8) is 0 Å². The Labute approximate surface area is 126 Å². The van der Waals surface area contributed by atoms with E-state index in [0.29, 0.717) is 23.6 Å². The van der Waals surface area contributed by atoms with E-state index in [1.807, 2.05) is 0 Å². The van der Waals surface area contributed by atoms with Gasteiger partial charge in [-0.2, -0.15) is 0 Å².